The van der Waals surface area contributed by atoms with Gasteiger partial charge in [0.25, 0.3) is 5.91 Å². The van der Waals surface area contributed by atoms with Gasteiger partial charge in [-0.2, -0.15) is 0 Å². The molecule has 1 aliphatic carbocycles. The van der Waals surface area contributed by atoms with Crippen LogP contribution in [0.2, 0.25) is 0 Å². The molecule has 3 N–H and O–H groups in total. The third-order valence-electron chi connectivity index (χ3n) is 4.95. The summed E-state index contributed by atoms with van der Waals surface area (Å²) in [6.45, 7) is 3.70. The molecular formula is C19H27N3O. The number of para-hydroxylation sites is 1. The predicted octanol–water partition coefficient (Wildman–Crippen LogP) is 3.94. The van der Waals surface area contributed by atoms with Gasteiger partial charge >= 0.3 is 0 Å². The van der Waals surface area contributed by atoms with E-state index in [0.29, 0.717) is 17.3 Å². The molecule has 23 heavy (non-hydrogen) atoms. The molecule has 3 rings (SSSR count). The largest absolute Gasteiger partial charge is 0.396 e. The summed E-state index contributed by atoms with van der Waals surface area (Å²) in [5.41, 5.74) is 8.58. The van der Waals surface area contributed by atoms with Crippen molar-refractivity contribution in [2.75, 3.05) is 12.3 Å². The Kier molecular flexibility index (Phi) is 4.89. The number of benzene rings is 1. The number of rotatable bonds is 5. The summed E-state index contributed by atoms with van der Waals surface area (Å²) < 4.78 is 2.07. The standard InChI is InChI=1S/C19H27N3O/c1-2-12-22-16-11-7-6-10-15(16)17(20)18(22)19(23)21-13-14-8-4-3-5-9-14/h6-7,10-11,14H,2-5,8-9,12-13,20H2,1H3,(H,21,23). The predicted molar refractivity (Wildman–Crippen MR) is 95.5 cm³/mol. The number of hydrogen-bond acceptors (Lipinski definition) is 2. The summed E-state index contributed by atoms with van der Waals surface area (Å²) in [5, 5.41) is 4.11. The maximum atomic E-state index is 12.8. The molecule has 4 heteroatoms. The SMILES string of the molecule is CCCn1c(C(=O)NCC2CCCCC2)c(N)c2ccccc21. The van der Waals surface area contributed by atoms with Crippen molar-refractivity contribution in [1.29, 1.82) is 0 Å². The highest BCUT2D eigenvalue weighted by molar-refractivity contribution is 6.08. The fourth-order valence-electron chi connectivity index (χ4n) is 3.74. The highest BCUT2D eigenvalue weighted by atomic mass is 16.2. The van der Waals surface area contributed by atoms with Gasteiger partial charge in [0.2, 0.25) is 0 Å². The zero-order chi connectivity index (χ0) is 16.2. The minimum absolute atomic E-state index is 0.0299. The van der Waals surface area contributed by atoms with Gasteiger partial charge in [-0.15, -0.1) is 0 Å². The van der Waals surface area contributed by atoms with Crippen molar-refractivity contribution in [3.8, 4) is 0 Å². The average molecular weight is 313 g/mol. The molecule has 124 valence electrons. The van der Waals surface area contributed by atoms with E-state index in [4.69, 9.17) is 5.73 Å². The summed E-state index contributed by atoms with van der Waals surface area (Å²) in [6, 6.07) is 8.00. The second-order valence-corrected chi connectivity index (χ2v) is 6.65. The van der Waals surface area contributed by atoms with E-state index in [2.05, 4.69) is 16.8 Å². The molecule has 0 saturated heterocycles. The van der Waals surface area contributed by atoms with Gasteiger partial charge in [0.1, 0.15) is 5.69 Å². The van der Waals surface area contributed by atoms with E-state index in [1.165, 1.54) is 32.1 Å². The first-order valence-corrected chi connectivity index (χ1v) is 8.87. The molecule has 1 aromatic heterocycles. The van der Waals surface area contributed by atoms with Gasteiger partial charge in [-0.05, 0) is 31.2 Å². The second-order valence-electron chi connectivity index (χ2n) is 6.65. The van der Waals surface area contributed by atoms with Gasteiger partial charge in [-0.1, -0.05) is 44.4 Å². The average Bonchev–Trinajstić information content (AvgIpc) is 2.87. The summed E-state index contributed by atoms with van der Waals surface area (Å²) in [5.74, 6) is 0.593. The zero-order valence-electron chi connectivity index (χ0n) is 14.0. The van der Waals surface area contributed by atoms with Gasteiger partial charge in [-0.3, -0.25) is 4.79 Å². The maximum Gasteiger partial charge on any atom is 0.270 e. The van der Waals surface area contributed by atoms with Crippen LogP contribution in [0.3, 0.4) is 0 Å². The molecule has 1 saturated carbocycles. The van der Waals surface area contributed by atoms with Crippen LogP contribution < -0.4 is 11.1 Å². The molecule has 2 aromatic rings. The lowest BCUT2D eigenvalue weighted by molar-refractivity contribution is 0.0935. The molecule has 0 radical (unpaired) electrons. The minimum atomic E-state index is -0.0299. The molecule has 1 heterocycles. The number of nitrogens with two attached hydrogens (primary N) is 1. The Hall–Kier alpha value is -1.97. The molecule has 1 fully saturated rings. The van der Waals surface area contributed by atoms with E-state index < -0.39 is 0 Å². The van der Waals surface area contributed by atoms with Crippen molar-refractivity contribution in [2.24, 2.45) is 5.92 Å². The number of nitrogens with one attached hydrogen (secondary N) is 1. The monoisotopic (exact) mass is 313 g/mol. The highest BCUT2D eigenvalue weighted by Gasteiger charge is 2.21. The number of fused-ring (bicyclic) bond motifs is 1. The first kappa shape index (κ1) is 15.9. The van der Waals surface area contributed by atoms with Crippen LogP contribution in [0.5, 0.6) is 0 Å². The number of amides is 1. The zero-order valence-corrected chi connectivity index (χ0v) is 14.0. The van der Waals surface area contributed by atoms with Crippen molar-refractivity contribution in [3.05, 3.63) is 30.0 Å². The Morgan fingerprint density at radius 3 is 2.74 bits per heavy atom. The molecule has 4 nitrogen and oxygen atoms in total. The van der Waals surface area contributed by atoms with Crippen LogP contribution in [0.15, 0.2) is 24.3 Å². The number of aryl methyl sites for hydroxylation is 1. The van der Waals surface area contributed by atoms with Gasteiger partial charge < -0.3 is 15.6 Å². The van der Waals surface area contributed by atoms with Gasteiger partial charge in [0.05, 0.1) is 11.2 Å². The van der Waals surface area contributed by atoms with Crippen molar-refractivity contribution in [1.82, 2.24) is 9.88 Å². The number of carbonyl (C=O) groups is 1. The molecule has 0 atom stereocenters. The van der Waals surface area contributed by atoms with Crippen LogP contribution in [0.1, 0.15) is 55.9 Å². The molecule has 1 amide bonds. The summed E-state index contributed by atoms with van der Waals surface area (Å²) in [6.07, 6.45) is 7.35. The number of nitrogens with zero attached hydrogens (tertiary/aromatic N) is 1. The topological polar surface area (TPSA) is 60.0 Å². The maximum absolute atomic E-state index is 12.8. The van der Waals surface area contributed by atoms with E-state index in [1.54, 1.807) is 0 Å². The third-order valence-corrected chi connectivity index (χ3v) is 4.95. The van der Waals surface area contributed by atoms with Crippen LogP contribution in [0, 0.1) is 5.92 Å². The van der Waals surface area contributed by atoms with Crippen molar-refractivity contribution in [2.45, 2.75) is 52.0 Å². The Morgan fingerprint density at radius 1 is 1.26 bits per heavy atom. The van der Waals surface area contributed by atoms with Crippen LogP contribution in [0.25, 0.3) is 10.9 Å². The van der Waals surface area contributed by atoms with Crippen molar-refractivity contribution < 1.29 is 4.79 Å². The lowest BCUT2D eigenvalue weighted by atomic mass is 9.89. The molecular weight excluding hydrogens is 286 g/mol. The molecule has 1 aliphatic rings. The van der Waals surface area contributed by atoms with Gasteiger partial charge in [0.15, 0.2) is 0 Å². The lowest BCUT2D eigenvalue weighted by Gasteiger charge is -2.22. The van der Waals surface area contributed by atoms with E-state index in [9.17, 15) is 4.79 Å². The van der Waals surface area contributed by atoms with Crippen molar-refractivity contribution >= 4 is 22.5 Å². The first-order chi connectivity index (χ1) is 11.2. The first-order valence-electron chi connectivity index (χ1n) is 8.87. The molecule has 0 unspecified atom stereocenters. The number of aromatic nitrogens is 1. The fourth-order valence-corrected chi connectivity index (χ4v) is 3.74. The van der Waals surface area contributed by atoms with Gasteiger partial charge in [-0.25, -0.2) is 0 Å². The summed E-state index contributed by atoms with van der Waals surface area (Å²) in [4.78, 5) is 12.8. The quantitative estimate of drug-likeness (QED) is 0.878. The van der Waals surface area contributed by atoms with E-state index >= 15 is 0 Å². The molecule has 0 aliphatic heterocycles. The van der Waals surface area contributed by atoms with Crippen LogP contribution in [-0.2, 0) is 6.54 Å². The third kappa shape index (κ3) is 3.21. The van der Waals surface area contributed by atoms with Crippen LogP contribution >= 0.6 is 0 Å². The lowest BCUT2D eigenvalue weighted by Crippen LogP contribution is -2.32. The van der Waals surface area contributed by atoms with E-state index in [0.717, 1.165) is 30.4 Å². The van der Waals surface area contributed by atoms with E-state index in [1.807, 2.05) is 24.3 Å². The van der Waals surface area contributed by atoms with E-state index in [-0.39, 0.29) is 5.91 Å². The Balaban J connectivity index is 1.83. The molecule has 0 spiro atoms. The second kappa shape index (κ2) is 7.07. The number of hydrogen-bond donors (Lipinski definition) is 2. The number of anilines is 1. The number of carbonyl (C=O) groups excluding carboxylic acids is 1. The smallest absolute Gasteiger partial charge is 0.270 e. The summed E-state index contributed by atoms with van der Waals surface area (Å²) >= 11 is 0. The molecule has 1 aromatic carbocycles. The molecule has 0 bridgehead atoms. The Morgan fingerprint density at radius 2 is 2.00 bits per heavy atom. The normalized spacial score (nSPS) is 15.9. The van der Waals surface area contributed by atoms with Gasteiger partial charge in [0, 0.05) is 18.5 Å². The van der Waals surface area contributed by atoms with Crippen molar-refractivity contribution in [3.63, 3.8) is 0 Å². The Labute approximate surface area is 138 Å². The van der Waals surface area contributed by atoms with Crippen LogP contribution in [-0.4, -0.2) is 17.0 Å². The Bertz CT molecular complexity index is 683. The minimum Gasteiger partial charge on any atom is -0.396 e. The fraction of sp³-hybridized carbons (Fsp3) is 0.526. The number of nitrogen functional groups attached to an aromatic ring is 1. The highest BCUT2D eigenvalue weighted by Crippen LogP contribution is 2.29. The summed E-state index contributed by atoms with van der Waals surface area (Å²) in [7, 11) is 0. The van der Waals surface area contributed by atoms with Crippen LogP contribution in [0.4, 0.5) is 5.69 Å².